The molecule has 1 aromatic rings. The summed E-state index contributed by atoms with van der Waals surface area (Å²) in [5.41, 5.74) is 1.38. The monoisotopic (exact) mass is 277 g/mol. The molecule has 0 spiro atoms. The van der Waals surface area contributed by atoms with Crippen molar-refractivity contribution in [2.24, 2.45) is 0 Å². The number of carbonyl (C=O) groups is 2. The molecule has 2 N–H and O–H groups in total. The molecule has 0 heterocycles. The number of carboxylic acids is 1. The summed E-state index contributed by atoms with van der Waals surface area (Å²) in [6.07, 6.45) is 1.59. The number of rotatable bonds is 7. The second kappa shape index (κ2) is 7.99. The zero-order valence-corrected chi connectivity index (χ0v) is 11.6. The Balaban J connectivity index is 2.68. The number of hydrogen-bond donors (Lipinski definition) is 2. The van der Waals surface area contributed by atoms with E-state index < -0.39 is 18.0 Å². The minimum absolute atomic E-state index is 0.287. The van der Waals surface area contributed by atoms with Gasteiger partial charge in [-0.1, -0.05) is 30.3 Å². The normalized spacial score (nSPS) is 12.6. The maximum Gasteiger partial charge on any atom is 0.332 e. The summed E-state index contributed by atoms with van der Waals surface area (Å²) in [5.74, 6) is -1.45. The maximum absolute atomic E-state index is 11.3. The van der Waals surface area contributed by atoms with Crippen LogP contribution in [0, 0.1) is 0 Å². The molecule has 0 aliphatic heterocycles. The van der Waals surface area contributed by atoms with Gasteiger partial charge < -0.3 is 15.2 Å². The lowest BCUT2D eigenvalue weighted by atomic mass is 10.1. The van der Waals surface area contributed by atoms with E-state index in [-0.39, 0.29) is 6.61 Å². The van der Waals surface area contributed by atoms with E-state index in [1.807, 2.05) is 30.3 Å². The molecule has 0 unspecified atom stereocenters. The molecule has 108 valence electrons. The van der Waals surface area contributed by atoms with Gasteiger partial charge in [0, 0.05) is 18.2 Å². The number of carboxylic acid groups (broad SMARTS) is 1. The van der Waals surface area contributed by atoms with Crippen LogP contribution in [0.2, 0.25) is 0 Å². The van der Waals surface area contributed by atoms with E-state index in [0.717, 1.165) is 5.56 Å². The highest BCUT2D eigenvalue weighted by molar-refractivity contribution is 5.83. The minimum Gasteiger partial charge on any atom is -0.480 e. The molecule has 1 rings (SSSR count). The van der Waals surface area contributed by atoms with Gasteiger partial charge in [0.2, 0.25) is 0 Å². The topological polar surface area (TPSA) is 75.6 Å². The SMILES string of the molecule is CCOC(=O)C=C(C)N[C@@H](Cc1ccccc1)C(=O)O. The van der Waals surface area contributed by atoms with E-state index in [9.17, 15) is 14.7 Å². The predicted molar refractivity (Wildman–Crippen MR) is 75.1 cm³/mol. The van der Waals surface area contributed by atoms with Gasteiger partial charge in [0.05, 0.1) is 6.61 Å². The van der Waals surface area contributed by atoms with Crippen molar-refractivity contribution in [3.05, 3.63) is 47.7 Å². The molecule has 0 saturated heterocycles. The predicted octanol–water partition coefficient (Wildman–Crippen LogP) is 1.74. The molecule has 0 radical (unpaired) electrons. The molecule has 5 heteroatoms. The average Bonchev–Trinajstić information content (AvgIpc) is 2.39. The summed E-state index contributed by atoms with van der Waals surface area (Å²) in [4.78, 5) is 22.5. The van der Waals surface area contributed by atoms with Gasteiger partial charge in [0.25, 0.3) is 0 Å². The van der Waals surface area contributed by atoms with Gasteiger partial charge in [-0.15, -0.1) is 0 Å². The fourth-order valence-corrected chi connectivity index (χ4v) is 1.73. The van der Waals surface area contributed by atoms with Gasteiger partial charge in [-0.25, -0.2) is 9.59 Å². The summed E-state index contributed by atoms with van der Waals surface area (Å²) in [5, 5.41) is 12.0. The first kappa shape index (κ1) is 15.8. The summed E-state index contributed by atoms with van der Waals surface area (Å²) in [7, 11) is 0. The third kappa shape index (κ3) is 5.56. The number of hydrogen-bond acceptors (Lipinski definition) is 4. The summed E-state index contributed by atoms with van der Waals surface area (Å²) in [6.45, 7) is 3.64. The van der Waals surface area contributed by atoms with Crippen LogP contribution < -0.4 is 5.32 Å². The third-order valence-electron chi connectivity index (χ3n) is 2.60. The number of allylic oxidation sites excluding steroid dienone is 1. The van der Waals surface area contributed by atoms with Gasteiger partial charge in [-0.05, 0) is 19.4 Å². The molecule has 0 aromatic heterocycles. The number of benzene rings is 1. The van der Waals surface area contributed by atoms with Crippen molar-refractivity contribution >= 4 is 11.9 Å². The Bertz CT molecular complexity index is 482. The highest BCUT2D eigenvalue weighted by Crippen LogP contribution is 2.05. The van der Waals surface area contributed by atoms with Crippen LogP contribution >= 0.6 is 0 Å². The second-order valence-electron chi connectivity index (χ2n) is 4.30. The Labute approximate surface area is 118 Å². The number of aliphatic carboxylic acids is 1. The van der Waals surface area contributed by atoms with Crippen molar-refractivity contribution in [2.45, 2.75) is 26.3 Å². The maximum atomic E-state index is 11.3. The number of esters is 1. The molecule has 0 amide bonds. The molecule has 0 saturated carbocycles. The Morgan fingerprint density at radius 1 is 1.35 bits per heavy atom. The molecule has 1 aromatic carbocycles. The van der Waals surface area contributed by atoms with Crippen molar-refractivity contribution < 1.29 is 19.4 Å². The fraction of sp³-hybridized carbons (Fsp3) is 0.333. The Hall–Kier alpha value is -2.30. The molecular formula is C15H19NO4. The van der Waals surface area contributed by atoms with Gasteiger partial charge in [0.15, 0.2) is 0 Å². The lowest BCUT2D eigenvalue weighted by molar-refractivity contribution is -0.140. The van der Waals surface area contributed by atoms with Crippen molar-refractivity contribution in [1.82, 2.24) is 5.32 Å². The largest absolute Gasteiger partial charge is 0.480 e. The highest BCUT2D eigenvalue weighted by Gasteiger charge is 2.17. The zero-order valence-electron chi connectivity index (χ0n) is 11.6. The molecule has 5 nitrogen and oxygen atoms in total. The van der Waals surface area contributed by atoms with Crippen LogP contribution in [0.25, 0.3) is 0 Å². The van der Waals surface area contributed by atoms with Gasteiger partial charge in [-0.3, -0.25) is 0 Å². The Morgan fingerprint density at radius 2 is 2.00 bits per heavy atom. The number of ether oxygens (including phenoxy) is 1. The van der Waals surface area contributed by atoms with E-state index in [2.05, 4.69) is 5.32 Å². The lowest BCUT2D eigenvalue weighted by Crippen LogP contribution is -2.37. The smallest absolute Gasteiger partial charge is 0.332 e. The van der Waals surface area contributed by atoms with E-state index >= 15 is 0 Å². The first-order chi connectivity index (χ1) is 9.52. The second-order valence-corrected chi connectivity index (χ2v) is 4.30. The summed E-state index contributed by atoms with van der Waals surface area (Å²) in [6, 6.07) is 8.52. The van der Waals surface area contributed by atoms with E-state index in [1.165, 1.54) is 6.08 Å². The standard InChI is InChI=1S/C15H19NO4/c1-3-20-14(17)9-11(2)16-13(15(18)19)10-12-7-5-4-6-8-12/h4-9,13,16H,3,10H2,1-2H3,(H,18,19)/t13-/m0/s1. The minimum atomic E-state index is -0.967. The molecule has 0 fully saturated rings. The molecule has 0 aliphatic carbocycles. The first-order valence-electron chi connectivity index (χ1n) is 6.41. The fourth-order valence-electron chi connectivity index (χ4n) is 1.73. The van der Waals surface area contributed by atoms with Crippen LogP contribution in [0.15, 0.2) is 42.1 Å². The molecule has 0 aliphatic rings. The van der Waals surface area contributed by atoms with Crippen molar-refractivity contribution in [3.8, 4) is 0 Å². The Kier molecular flexibility index (Phi) is 6.29. The van der Waals surface area contributed by atoms with Gasteiger partial charge in [0.1, 0.15) is 6.04 Å². The number of carbonyl (C=O) groups excluding carboxylic acids is 1. The highest BCUT2D eigenvalue weighted by atomic mass is 16.5. The number of nitrogens with one attached hydrogen (secondary N) is 1. The summed E-state index contributed by atoms with van der Waals surface area (Å²) < 4.78 is 4.77. The molecule has 20 heavy (non-hydrogen) atoms. The van der Waals surface area contributed by atoms with Crippen molar-refractivity contribution in [1.29, 1.82) is 0 Å². The van der Waals surface area contributed by atoms with Crippen LogP contribution in [0.4, 0.5) is 0 Å². The van der Waals surface area contributed by atoms with Crippen LogP contribution in [0.1, 0.15) is 19.4 Å². The van der Waals surface area contributed by atoms with Crippen LogP contribution in [-0.4, -0.2) is 29.7 Å². The Morgan fingerprint density at radius 3 is 2.55 bits per heavy atom. The van der Waals surface area contributed by atoms with Crippen molar-refractivity contribution in [2.75, 3.05) is 6.61 Å². The van der Waals surface area contributed by atoms with Crippen LogP contribution in [0.5, 0.6) is 0 Å². The van der Waals surface area contributed by atoms with E-state index in [0.29, 0.717) is 12.1 Å². The summed E-state index contributed by atoms with van der Waals surface area (Å²) >= 11 is 0. The quantitative estimate of drug-likeness (QED) is 0.586. The zero-order chi connectivity index (χ0) is 15.0. The van der Waals surface area contributed by atoms with Crippen molar-refractivity contribution in [3.63, 3.8) is 0 Å². The molecule has 0 bridgehead atoms. The molecular weight excluding hydrogens is 258 g/mol. The average molecular weight is 277 g/mol. The lowest BCUT2D eigenvalue weighted by Gasteiger charge is -2.16. The van der Waals surface area contributed by atoms with Crippen LogP contribution in [-0.2, 0) is 20.7 Å². The van der Waals surface area contributed by atoms with Gasteiger partial charge >= 0.3 is 11.9 Å². The van der Waals surface area contributed by atoms with Gasteiger partial charge in [-0.2, -0.15) is 0 Å². The van der Waals surface area contributed by atoms with E-state index in [4.69, 9.17) is 4.74 Å². The van der Waals surface area contributed by atoms with Crippen LogP contribution in [0.3, 0.4) is 0 Å². The molecule has 1 atom stereocenters. The van der Waals surface area contributed by atoms with E-state index in [1.54, 1.807) is 13.8 Å². The first-order valence-corrected chi connectivity index (χ1v) is 6.41. The third-order valence-corrected chi connectivity index (χ3v) is 2.60.